The van der Waals surface area contributed by atoms with E-state index in [0.717, 1.165) is 50.1 Å². The molecule has 10 aromatic rings. The Balaban J connectivity index is 1.01. The molecule has 0 saturated heterocycles. The minimum atomic E-state index is 0.906. The number of fused-ring (bicyclic) bond motifs is 3. The Morgan fingerprint density at radius 2 is 0.571 bits per heavy atom. The second-order valence-corrected chi connectivity index (χ2v) is 14.2. The highest BCUT2D eigenvalue weighted by atomic mass is 16.3. The molecule has 9 aromatic carbocycles. The Morgan fingerprint density at radius 1 is 0.232 bits per heavy atom. The first-order valence-corrected chi connectivity index (χ1v) is 19.1. The van der Waals surface area contributed by atoms with Gasteiger partial charge in [0.05, 0.1) is 0 Å². The second kappa shape index (κ2) is 14.4. The highest BCUT2D eigenvalue weighted by Gasteiger charge is 2.15. The van der Waals surface area contributed by atoms with Gasteiger partial charge in [0.25, 0.3) is 0 Å². The van der Waals surface area contributed by atoms with Crippen LogP contribution in [0.5, 0.6) is 0 Å². The van der Waals surface area contributed by atoms with E-state index >= 15 is 0 Å². The third-order valence-corrected chi connectivity index (χ3v) is 10.7. The Bertz CT molecular complexity index is 2800. The third kappa shape index (κ3) is 6.44. The van der Waals surface area contributed by atoms with Gasteiger partial charge in [-0.3, -0.25) is 0 Å². The molecule has 0 atom stereocenters. The SMILES string of the molecule is c1ccc(-c2cccc(-c3ccc(N(c4ccc(-c5cccc(-c6ccccc6)c5)cc4)c4ccc(-c5ccc6oc7ccccc7c6c5)cc4)cc3)c2)cc1. The molecule has 1 heterocycles. The first kappa shape index (κ1) is 33.2. The largest absolute Gasteiger partial charge is 0.456 e. The molecule has 0 amide bonds. The predicted molar refractivity (Wildman–Crippen MR) is 236 cm³/mol. The molecular formula is C54H37NO. The summed E-state index contributed by atoms with van der Waals surface area (Å²) >= 11 is 0. The first-order valence-electron chi connectivity index (χ1n) is 19.1. The van der Waals surface area contributed by atoms with Gasteiger partial charge in [0.2, 0.25) is 0 Å². The molecule has 0 fully saturated rings. The minimum Gasteiger partial charge on any atom is -0.456 e. The van der Waals surface area contributed by atoms with Gasteiger partial charge in [-0.1, -0.05) is 158 Å². The molecular weight excluding hydrogens is 679 g/mol. The lowest BCUT2D eigenvalue weighted by atomic mass is 9.98. The summed E-state index contributed by atoms with van der Waals surface area (Å²) in [5.74, 6) is 0. The Morgan fingerprint density at radius 3 is 1.04 bits per heavy atom. The molecule has 0 unspecified atom stereocenters. The van der Waals surface area contributed by atoms with Crippen LogP contribution in [0.1, 0.15) is 0 Å². The van der Waals surface area contributed by atoms with Crippen LogP contribution in [-0.4, -0.2) is 0 Å². The lowest BCUT2D eigenvalue weighted by molar-refractivity contribution is 0.669. The maximum Gasteiger partial charge on any atom is 0.135 e. The van der Waals surface area contributed by atoms with Gasteiger partial charge in [-0.2, -0.15) is 0 Å². The van der Waals surface area contributed by atoms with E-state index in [1.807, 2.05) is 12.1 Å². The molecule has 0 aliphatic carbocycles. The van der Waals surface area contributed by atoms with E-state index in [2.05, 4.69) is 217 Å². The molecule has 0 bridgehead atoms. The normalized spacial score (nSPS) is 11.2. The van der Waals surface area contributed by atoms with Crippen LogP contribution < -0.4 is 4.90 Å². The number of benzene rings is 9. The quantitative estimate of drug-likeness (QED) is 0.156. The zero-order valence-electron chi connectivity index (χ0n) is 30.7. The van der Waals surface area contributed by atoms with Crippen LogP contribution in [0.15, 0.2) is 229 Å². The van der Waals surface area contributed by atoms with E-state index in [0.29, 0.717) is 0 Å². The van der Waals surface area contributed by atoms with E-state index in [9.17, 15) is 0 Å². The van der Waals surface area contributed by atoms with Crippen molar-refractivity contribution in [2.24, 2.45) is 0 Å². The zero-order valence-corrected chi connectivity index (χ0v) is 30.7. The Hall–Kier alpha value is -7.42. The number of anilines is 3. The van der Waals surface area contributed by atoms with Crippen molar-refractivity contribution in [1.82, 2.24) is 0 Å². The van der Waals surface area contributed by atoms with Crippen molar-refractivity contribution in [2.75, 3.05) is 4.90 Å². The van der Waals surface area contributed by atoms with Crippen molar-refractivity contribution in [1.29, 1.82) is 0 Å². The molecule has 0 aliphatic rings. The number of nitrogens with zero attached hydrogens (tertiary/aromatic N) is 1. The zero-order chi connectivity index (χ0) is 37.3. The van der Waals surface area contributed by atoms with Gasteiger partial charge in [0, 0.05) is 27.8 Å². The summed E-state index contributed by atoms with van der Waals surface area (Å²) in [5.41, 5.74) is 17.0. The van der Waals surface area contributed by atoms with Gasteiger partial charge < -0.3 is 9.32 Å². The van der Waals surface area contributed by atoms with Crippen molar-refractivity contribution < 1.29 is 4.42 Å². The Kier molecular flexibility index (Phi) is 8.55. The first-order chi connectivity index (χ1) is 27.7. The van der Waals surface area contributed by atoms with Crippen LogP contribution in [-0.2, 0) is 0 Å². The third-order valence-electron chi connectivity index (χ3n) is 10.7. The van der Waals surface area contributed by atoms with Crippen LogP contribution >= 0.6 is 0 Å². The highest BCUT2D eigenvalue weighted by molar-refractivity contribution is 6.06. The van der Waals surface area contributed by atoms with Gasteiger partial charge in [-0.05, 0) is 122 Å². The lowest BCUT2D eigenvalue weighted by Crippen LogP contribution is -2.09. The summed E-state index contributed by atoms with van der Waals surface area (Å²) in [7, 11) is 0. The maximum atomic E-state index is 6.11. The summed E-state index contributed by atoms with van der Waals surface area (Å²) in [6.07, 6.45) is 0. The molecule has 0 saturated carbocycles. The van der Waals surface area contributed by atoms with E-state index in [1.54, 1.807) is 0 Å². The lowest BCUT2D eigenvalue weighted by Gasteiger charge is -2.26. The summed E-state index contributed by atoms with van der Waals surface area (Å²) in [5, 5.41) is 2.27. The summed E-state index contributed by atoms with van der Waals surface area (Å²) in [6, 6.07) is 80.1. The predicted octanol–water partition coefficient (Wildman–Crippen LogP) is 15.4. The highest BCUT2D eigenvalue weighted by Crippen LogP contribution is 2.39. The van der Waals surface area contributed by atoms with Gasteiger partial charge in [-0.25, -0.2) is 0 Å². The number of furan rings is 1. The van der Waals surface area contributed by atoms with Crippen molar-refractivity contribution in [3.8, 4) is 55.6 Å². The summed E-state index contributed by atoms with van der Waals surface area (Å²) in [6.45, 7) is 0. The minimum absolute atomic E-state index is 0.906. The van der Waals surface area contributed by atoms with Crippen LogP contribution in [0.25, 0.3) is 77.6 Å². The maximum absolute atomic E-state index is 6.11. The molecule has 0 radical (unpaired) electrons. The molecule has 0 aliphatic heterocycles. The van der Waals surface area contributed by atoms with E-state index in [4.69, 9.17) is 4.42 Å². The van der Waals surface area contributed by atoms with Gasteiger partial charge in [0.1, 0.15) is 11.2 Å². The van der Waals surface area contributed by atoms with Gasteiger partial charge >= 0.3 is 0 Å². The monoisotopic (exact) mass is 715 g/mol. The smallest absolute Gasteiger partial charge is 0.135 e. The van der Waals surface area contributed by atoms with E-state index < -0.39 is 0 Å². The molecule has 1 aromatic heterocycles. The van der Waals surface area contributed by atoms with Gasteiger partial charge in [-0.15, -0.1) is 0 Å². The van der Waals surface area contributed by atoms with Gasteiger partial charge in [0.15, 0.2) is 0 Å². The number of rotatable bonds is 8. The van der Waals surface area contributed by atoms with Crippen LogP contribution in [0, 0.1) is 0 Å². The number of hydrogen-bond donors (Lipinski definition) is 0. The van der Waals surface area contributed by atoms with Crippen molar-refractivity contribution >= 4 is 39.0 Å². The summed E-state index contributed by atoms with van der Waals surface area (Å²) in [4.78, 5) is 2.34. The summed E-state index contributed by atoms with van der Waals surface area (Å²) < 4.78 is 6.11. The fourth-order valence-corrected chi connectivity index (χ4v) is 7.78. The van der Waals surface area contributed by atoms with E-state index in [-0.39, 0.29) is 0 Å². The van der Waals surface area contributed by atoms with Crippen LogP contribution in [0.4, 0.5) is 17.1 Å². The fourth-order valence-electron chi connectivity index (χ4n) is 7.78. The molecule has 10 rings (SSSR count). The van der Waals surface area contributed by atoms with Crippen molar-refractivity contribution in [3.05, 3.63) is 224 Å². The molecule has 2 nitrogen and oxygen atoms in total. The van der Waals surface area contributed by atoms with Crippen molar-refractivity contribution in [3.63, 3.8) is 0 Å². The Labute approximate surface area is 327 Å². The standard InChI is InChI=1S/C54H37NO/c1-3-11-38(12-4-1)43-15-9-17-45(35-43)40-21-28-48(29-22-40)55(49-30-23-41(24-31-49)46-18-10-16-44(36-46)39-13-5-2-6-14-39)50-32-25-42(26-33-50)47-27-34-54-52(37-47)51-19-7-8-20-53(51)56-54/h1-37H. The van der Waals surface area contributed by atoms with Crippen LogP contribution in [0.2, 0.25) is 0 Å². The number of para-hydroxylation sites is 1. The molecule has 2 heteroatoms. The second-order valence-electron chi connectivity index (χ2n) is 14.2. The number of hydrogen-bond acceptors (Lipinski definition) is 2. The molecule has 56 heavy (non-hydrogen) atoms. The topological polar surface area (TPSA) is 16.4 Å². The fraction of sp³-hybridized carbons (Fsp3) is 0. The van der Waals surface area contributed by atoms with Crippen LogP contribution in [0.3, 0.4) is 0 Å². The average Bonchev–Trinajstić information content (AvgIpc) is 3.66. The average molecular weight is 716 g/mol. The van der Waals surface area contributed by atoms with E-state index in [1.165, 1.54) is 44.5 Å². The molecule has 264 valence electrons. The molecule has 0 spiro atoms. The molecule has 0 N–H and O–H groups in total. The van der Waals surface area contributed by atoms with Crippen molar-refractivity contribution in [2.45, 2.75) is 0 Å².